The zero-order valence-corrected chi connectivity index (χ0v) is 17.0. The van der Waals surface area contributed by atoms with Crippen LogP contribution in [-0.2, 0) is 9.59 Å². The molecule has 6 nitrogen and oxygen atoms in total. The number of nitrogens with zero attached hydrogens (tertiary/aromatic N) is 1. The number of carbonyl (C=O) groups is 3. The second-order valence-electron chi connectivity index (χ2n) is 7.21. The van der Waals surface area contributed by atoms with Crippen molar-refractivity contribution in [1.82, 2.24) is 5.32 Å². The van der Waals surface area contributed by atoms with E-state index in [2.05, 4.69) is 5.32 Å². The maximum absolute atomic E-state index is 13.0. The van der Waals surface area contributed by atoms with Gasteiger partial charge in [0.15, 0.2) is 0 Å². The van der Waals surface area contributed by atoms with Crippen LogP contribution in [0, 0.1) is 13.8 Å². The summed E-state index contributed by atoms with van der Waals surface area (Å²) in [4.78, 5) is 38.6. The number of imide groups is 2. The molecule has 0 bridgehead atoms. The van der Waals surface area contributed by atoms with Crippen molar-refractivity contribution in [3.63, 3.8) is 0 Å². The Balaban J connectivity index is 1.91. The highest BCUT2D eigenvalue weighted by Crippen LogP contribution is 2.25. The quantitative estimate of drug-likeness (QED) is 0.613. The minimum absolute atomic E-state index is 0.0978. The van der Waals surface area contributed by atoms with Crippen LogP contribution in [0.5, 0.6) is 5.75 Å². The van der Waals surface area contributed by atoms with Crippen molar-refractivity contribution in [3.05, 3.63) is 64.7 Å². The van der Waals surface area contributed by atoms with Gasteiger partial charge in [0.05, 0.1) is 11.8 Å². The van der Waals surface area contributed by atoms with Gasteiger partial charge in [0.2, 0.25) is 0 Å². The Hall–Kier alpha value is -3.41. The molecule has 6 heteroatoms. The predicted octanol–water partition coefficient (Wildman–Crippen LogP) is 4.15. The van der Waals surface area contributed by atoms with E-state index >= 15 is 0 Å². The fourth-order valence-electron chi connectivity index (χ4n) is 3.10. The fourth-order valence-corrected chi connectivity index (χ4v) is 3.10. The van der Waals surface area contributed by atoms with Crippen molar-refractivity contribution in [2.24, 2.45) is 0 Å². The average molecular weight is 392 g/mol. The van der Waals surface area contributed by atoms with Gasteiger partial charge in [-0.05, 0) is 74.2 Å². The number of carbonyl (C=O) groups excluding carboxylic acids is 3. The third kappa shape index (κ3) is 4.54. The Morgan fingerprint density at radius 3 is 2.24 bits per heavy atom. The van der Waals surface area contributed by atoms with Gasteiger partial charge in [0.25, 0.3) is 11.8 Å². The molecule has 1 aliphatic heterocycles. The molecule has 1 atom stereocenters. The van der Waals surface area contributed by atoms with Gasteiger partial charge in [-0.3, -0.25) is 14.9 Å². The molecule has 2 aromatic rings. The predicted molar refractivity (Wildman–Crippen MR) is 112 cm³/mol. The number of rotatable bonds is 5. The zero-order chi connectivity index (χ0) is 21.1. The fraction of sp³-hybridized carbons (Fsp3) is 0.261. The lowest BCUT2D eigenvalue weighted by Crippen LogP contribution is -2.54. The van der Waals surface area contributed by atoms with Gasteiger partial charge in [-0.1, -0.05) is 25.1 Å². The van der Waals surface area contributed by atoms with Crippen LogP contribution in [0.1, 0.15) is 37.0 Å². The highest BCUT2D eigenvalue weighted by atomic mass is 16.5. The van der Waals surface area contributed by atoms with Gasteiger partial charge in [0.1, 0.15) is 11.3 Å². The summed E-state index contributed by atoms with van der Waals surface area (Å²) in [5.74, 6) is -0.641. The SMILES string of the molecule is CC[C@H](C)Oc1ccc(/C=C2/C(=O)NC(=O)N(c3cc(C)cc(C)c3)C2=O)cc1. The molecule has 0 radical (unpaired) electrons. The van der Waals surface area contributed by atoms with Gasteiger partial charge in [-0.15, -0.1) is 0 Å². The van der Waals surface area contributed by atoms with Crippen LogP contribution in [0.25, 0.3) is 6.08 Å². The van der Waals surface area contributed by atoms with Gasteiger partial charge in [-0.25, -0.2) is 9.69 Å². The van der Waals surface area contributed by atoms with Crippen LogP contribution in [0.2, 0.25) is 0 Å². The Labute approximate surface area is 170 Å². The highest BCUT2D eigenvalue weighted by molar-refractivity contribution is 6.39. The summed E-state index contributed by atoms with van der Waals surface area (Å²) < 4.78 is 5.74. The highest BCUT2D eigenvalue weighted by Gasteiger charge is 2.36. The number of anilines is 1. The van der Waals surface area contributed by atoms with E-state index in [9.17, 15) is 14.4 Å². The molecule has 0 aliphatic carbocycles. The van der Waals surface area contributed by atoms with E-state index in [0.29, 0.717) is 17.0 Å². The maximum atomic E-state index is 13.0. The molecular formula is C23H24N2O4. The Kier molecular flexibility index (Phi) is 5.82. The van der Waals surface area contributed by atoms with Crippen molar-refractivity contribution in [2.75, 3.05) is 4.90 Å². The number of hydrogen-bond donors (Lipinski definition) is 1. The minimum atomic E-state index is -0.751. The van der Waals surface area contributed by atoms with Gasteiger partial charge in [-0.2, -0.15) is 0 Å². The van der Waals surface area contributed by atoms with E-state index < -0.39 is 17.8 Å². The van der Waals surface area contributed by atoms with Crippen molar-refractivity contribution < 1.29 is 19.1 Å². The summed E-state index contributed by atoms with van der Waals surface area (Å²) in [6.45, 7) is 7.79. The molecular weight excluding hydrogens is 368 g/mol. The van der Waals surface area contributed by atoms with Crippen molar-refractivity contribution in [2.45, 2.75) is 40.2 Å². The second-order valence-corrected chi connectivity index (χ2v) is 7.21. The van der Waals surface area contributed by atoms with E-state index in [1.807, 2.05) is 33.8 Å². The molecule has 29 heavy (non-hydrogen) atoms. The standard InChI is InChI=1S/C23H24N2O4/c1-5-16(4)29-19-8-6-17(7-9-19)13-20-21(26)24-23(28)25(22(20)27)18-11-14(2)10-15(3)12-18/h6-13,16H,5H2,1-4H3,(H,24,26,28)/b20-13-/t16-/m0/s1. The topological polar surface area (TPSA) is 75.7 Å². The van der Waals surface area contributed by atoms with Crippen LogP contribution < -0.4 is 15.0 Å². The number of aryl methyl sites for hydroxylation is 2. The van der Waals surface area contributed by atoms with Crippen LogP contribution >= 0.6 is 0 Å². The molecule has 1 heterocycles. The van der Waals surface area contributed by atoms with E-state index in [0.717, 1.165) is 22.4 Å². The molecule has 1 N–H and O–H groups in total. The summed E-state index contributed by atoms with van der Waals surface area (Å²) in [5.41, 5.74) is 2.83. The molecule has 3 rings (SSSR count). The third-order valence-corrected chi connectivity index (χ3v) is 4.67. The molecule has 4 amide bonds. The first-order valence-corrected chi connectivity index (χ1v) is 9.55. The largest absolute Gasteiger partial charge is 0.491 e. The smallest absolute Gasteiger partial charge is 0.335 e. The minimum Gasteiger partial charge on any atom is -0.491 e. The molecule has 1 fully saturated rings. The lowest BCUT2D eigenvalue weighted by molar-refractivity contribution is -0.122. The Bertz CT molecular complexity index is 972. The van der Waals surface area contributed by atoms with E-state index in [1.165, 1.54) is 6.08 Å². The Morgan fingerprint density at radius 1 is 1.03 bits per heavy atom. The number of amides is 4. The first kappa shape index (κ1) is 20.3. The molecule has 1 aliphatic rings. The number of benzene rings is 2. The number of ether oxygens (including phenoxy) is 1. The van der Waals surface area contributed by atoms with Crippen molar-refractivity contribution in [1.29, 1.82) is 0 Å². The zero-order valence-electron chi connectivity index (χ0n) is 17.0. The van der Waals surface area contributed by atoms with Gasteiger partial charge in [0, 0.05) is 0 Å². The van der Waals surface area contributed by atoms with Crippen molar-refractivity contribution >= 4 is 29.6 Å². The Morgan fingerprint density at radius 2 is 1.66 bits per heavy atom. The molecule has 0 aromatic heterocycles. The first-order valence-electron chi connectivity index (χ1n) is 9.55. The summed E-state index contributed by atoms with van der Waals surface area (Å²) in [5, 5.41) is 2.25. The monoisotopic (exact) mass is 392 g/mol. The number of hydrogen-bond acceptors (Lipinski definition) is 4. The first-order chi connectivity index (χ1) is 13.8. The molecule has 0 spiro atoms. The molecule has 150 valence electrons. The molecule has 0 unspecified atom stereocenters. The third-order valence-electron chi connectivity index (χ3n) is 4.67. The van der Waals surface area contributed by atoms with Crippen LogP contribution in [0.4, 0.5) is 10.5 Å². The lowest BCUT2D eigenvalue weighted by atomic mass is 10.1. The second kappa shape index (κ2) is 8.31. The normalized spacial score (nSPS) is 16.8. The molecule has 2 aromatic carbocycles. The summed E-state index contributed by atoms with van der Waals surface area (Å²) in [6, 6.07) is 11.8. The maximum Gasteiger partial charge on any atom is 0.335 e. The molecule has 1 saturated heterocycles. The molecule has 0 saturated carbocycles. The van der Waals surface area contributed by atoms with Crippen LogP contribution in [0.15, 0.2) is 48.0 Å². The van der Waals surface area contributed by atoms with E-state index in [1.54, 1.807) is 36.4 Å². The summed E-state index contributed by atoms with van der Waals surface area (Å²) in [7, 11) is 0. The van der Waals surface area contributed by atoms with Crippen LogP contribution in [-0.4, -0.2) is 23.9 Å². The summed E-state index contributed by atoms with van der Waals surface area (Å²) in [6.07, 6.45) is 2.47. The lowest BCUT2D eigenvalue weighted by Gasteiger charge is -2.27. The summed E-state index contributed by atoms with van der Waals surface area (Å²) >= 11 is 0. The van der Waals surface area contributed by atoms with Gasteiger partial charge < -0.3 is 4.74 Å². The average Bonchev–Trinajstić information content (AvgIpc) is 2.65. The van der Waals surface area contributed by atoms with E-state index in [-0.39, 0.29) is 11.7 Å². The number of nitrogens with one attached hydrogen (secondary N) is 1. The number of urea groups is 1. The van der Waals surface area contributed by atoms with E-state index in [4.69, 9.17) is 4.74 Å². The number of barbiturate groups is 1. The van der Waals surface area contributed by atoms with Crippen LogP contribution in [0.3, 0.4) is 0 Å². The van der Waals surface area contributed by atoms with Gasteiger partial charge >= 0.3 is 6.03 Å². The van der Waals surface area contributed by atoms with Crippen molar-refractivity contribution in [3.8, 4) is 5.75 Å².